The van der Waals surface area contributed by atoms with E-state index in [-0.39, 0.29) is 0 Å². The third kappa shape index (κ3) is 1.95. The average molecular weight is 238 g/mol. The molecule has 0 amide bonds. The summed E-state index contributed by atoms with van der Waals surface area (Å²) in [5, 5.41) is 10.2. The average Bonchev–Trinajstić information content (AvgIpc) is 3.18. The Morgan fingerprint density at radius 2 is 1.78 bits per heavy atom. The van der Waals surface area contributed by atoms with Gasteiger partial charge in [-0.25, -0.2) is 0 Å². The second-order valence-electron chi connectivity index (χ2n) is 5.12. The van der Waals surface area contributed by atoms with Gasteiger partial charge in [-0.05, 0) is 47.6 Å². The molecule has 0 atom stereocenters. The van der Waals surface area contributed by atoms with Gasteiger partial charge in [0.05, 0.1) is 5.60 Å². The van der Waals surface area contributed by atoms with Gasteiger partial charge in [-0.3, -0.25) is 0 Å². The van der Waals surface area contributed by atoms with E-state index in [1.165, 1.54) is 16.7 Å². The van der Waals surface area contributed by atoms with Crippen molar-refractivity contribution in [3.05, 3.63) is 59.7 Å². The molecule has 2 aromatic carbocycles. The van der Waals surface area contributed by atoms with Gasteiger partial charge in [-0.1, -0.05) is 49.4 Å². The van der Waals surface area contributed by atoms with Gasteiger partial charge in [-0.15, -0.1) is 0 Å². The van der Waals surface area contributed by atoms with Crippen LogP contribution in [0.15, 0.2) is 48.5 Å². The van der Waals surface area contributed by atoms with E-state index < -0.39 is 5.60 Å². The number of aliphatic hydroxyl groups is 1. The molecule has 1 nitrogen and oxygen atoms in total. The summed E-state index contributed by atoms with van der Waals surface area (Å²) < 4.78 is 0. The van der Waals surface area contributed by atoms with Crippen molar-refractivity contribution in [2.24, 2.45) is 0 Å². The number of hydrogen-bond donors (Lipinski definition) is 1. The maximum absolute atomic E-state index is 10.2. The van der Waals surface area contributed by atoms with Crippen LogP contribution in [0.1, 0.15) is 30.9 Å². The van der Waals surface area contributed by atoms with Crippen molar-refractivity contribution < 1.29 is 5.11 Å². The molecule has 3 rings (SSSR count). The first-order valence-corrected chi connectivity index (χ1v) is 6.64. The van der Waals surface area contributed by atoms with Crippen LogP contribution in [-0.2, 0) is 12.0 Å². The Hall–Kier alpha value is -1.60. The van der Waals surface area contributed by atoms with E-state index in [0.717, 1.165) is 24.8 Å². The molecule has 2 aromatic rings. The molecule has 1 saturated carbocycles. The lowest BCUT2D eigenvalue weighted by molar-refractivity contribution is 0.151. The van der Waals surface area contributed by atoms with Gasteiger partial charge in [0.2, 0.25) is 0 Å². The predicted octanol–water partition coefficient (Wildman–Crippen LogP) is 3.90. The monoisotopic (exact) mass is 238 g/mol. The zero-order valence-corrected chi connectivity index (χ0v) is 10.7. The van der Waals surface area contributed by atoms with E-state index in [1.807, 2.05) is 6.07 Å². The lowest BCUT2D eigenvalue weighted by Gasteiger charge is -2.14. The molecule has 1 heteroatoms. The minimum absolute atomic E-state index is 0.546. The van der Waals surface area contributed by atoms with Crippen molar-refractivity contribution in [1.82, 2.24) is 0 Å². The van der Waals surface area contributed by atoms with Gasteiger partial charge in [0.15, 0.2) is 0 Å². The Labute approximate surface area is 108 Å². The van der Waals surface area contributed by atoms with E-state index in [0.29, 0.717) is 0 Å². The zero-order chi connectivity index (χ0) is 12.6. The third-order valence-corrected chi connectivity index (χ3v) is 3.84. The molecule has 1 N–H and O–H groups in total. The lowest BCUT2D eigenvalue weighted by atomic mass is 9.93. The van der Waals surface area contributed by atoms with Crippen molar-refractivity contribution in [3.63, 3.8) is 0 Å². The summed E-state index contributed by atoms with van der Waals surface area (Å²) in [6.45, 7) is 2.17. The molecule has 0 radical (unpaired) electrons. The molecule has 1 fully saturated rings. The number of benzene rings is 2. The summed E-state index contributed by atoms with van der Waals surface area (Å²) >= 11 is 0. The Bertz CT molecular complexity index is 553. The zero-order valence-electron chi connectivity index (χ0n) is 10.7. The molecule has 1 aliphatic carbocycles. The Morgan fingerprint density at radius 3 is 2.39 bits per heavy atom. The highest BCUT2D eigenvalue weighted by Gasteiger charge is 2.42. The highest BCUT2D eigenvalue weighted by molar-refractivity contribution is 5.68. The van der Waals surface area contributed by atoms with Crippen LogP contribution in [0, 0.1) is 0 Å². The fourth-order valence-electron chi connectivity index (χ4n) is 2.47. The molecular formula is C17H18O. The van der Waals surface area contributed by atoms with Crippen LogP contribution < -0.4 is 0 Å². The lowest BCUT2D eigenvalue weighted by Crippen LogP contribution is -2.05. The van der Waals surface area contributed by atoms with Gasteiger partial charge in [0, 0.05) is 0 Å². The highest BCUT2D eigenvalue weighted by atomic mass is 16.3. The van der Waals surface area contributed by atoms with Crippen LogP contribution in [0.4, 0.5) is 0 Å². The Balaban J connectivity index is 2.11. The first-order valence-electron chi connectivity index (χ1n) is 6.64. The van der Waals surface area contributed by atoms with Gasteiger partial charge in [0.25, 0.3) is 0 Å². The summed E-state index contributed by atoms with van der Waals surface area (Å²) in [6, 6.07) is 16.8. The normalized spacial score (nSPS) is 16.6. The topological polar surface area (TPSA) is 20.2 Å². The van der Waals surface area contributed by atoms with E-state index in [2.05, 4.69) is 49.4 Å². The van der Waals surface area contributed by atoms with Crippen LogP contribution in [0.3, 0.4) is 0 Å². The van der Waals surface area contributed by atoms with Gasteiger partial charge in [-0.2, -0.15) is 0 Å². The molecule has 0 bridgehead atoms. The van der Waals surface area contributed by atoms with Crippen molar-refractivity contribution in [3.8, 4) is 11.1 Å². The maximum Gasteiger partial charge on any atom is 0.0899 e. The molecule has 0 unspecified atom stereocenters. The van der Waals surface area contributed by atoms with Crippen molar-refractivity contribution in [2.45, 2.75) is 31.8 Å². The summed E-state index contributed by atoms with van der Waals surface area (Å²) in [6.07, 6.45) is 2.81. The third-order valence-electron chi connectivity index (χ3n) is 3.84. The van der Waals surface area contributed by atoms with Crippen molar-refractivity contribution in [1.29, 1.82) is 0 Å². The van der Waals surface area contributed by atoms with Crippen LogP contribution >= 0.6 is 0 Å². The van der Waals surface area contributed by atoms with Gasteiger partial charge < -0.3 is 5.11 Å². The van der Waals surface area contributed by atoms with E-state index in [4.69, 9.17) is 0 Å². The molecular weight excluding hydrogens is 220 g/mol. The fourth-order valence-corrected chi connectivity index (χ4v) is 2.47. The quantitative estimate of drug-likeness (QED) is 0.860. The molecule has 92 valence electrons. The van der Waals surface area contributed by atoms with E-state index in [1.54, 1.807) is 0 Å². The summed E-state index contributed by atoms with van der Waals surface area (Å²) in [5.74, 6) is 0. The Kier molecular flexibility index (Phi) is 2.71. The minimum atomic E-state index is -0.546. The largest absolute Gasteiger partial charge is 0.385 e. The minimum Gasteiger partial charge on any atom is -0.385 e. The second kappa shape index (κ2) is 4.25. The van der Waals surface area contributed by atoms with E-state index >= 15 is 0 Å². The number of aryl methyl sites for hydroxylation is 1. The summed E-state index contributed by atoms with van der Waals surface area (Å²) in [7, 11) is 0. The molecule has 0 aliphatic heterocycles. The molecule has 1 aliphatic rings. The number of hydrogen-bond acceptors (Lipinski definition) is 1. The summed E-state index contributed by atoms with van der Waals surface area (Å²) in [4.78, 5) is 0. The van der Waals surface area contributed by atoms with Crippen LogP contribution in [0.2, 0.25) is 0 Å². The maximum atomic E-state index is 10.2. The second-order valence-corrected chi connectivity index (χ2v) is 5.12. The predicted molar refractivity (Wildman–Crippen MR) is 74.4 cm³/mol. The van der Waals surface area contributed by atoms with E-state index in [9.17, 15) is 5.11 Å². The van der Waals surface area contributed by atoms with Crippen molar-refractivity contribution in [2.75, 3.05) is 0 Å². The Morgan fingerprint density at radius 1 is 1.06 bits per heavy atom. The molecule has 0 heterocycles. The first kappa shape index (κ1) is 11.5. The van der Waals surface area contributed by atoms with Crippen LogP contribution in [0.25, 0.3) is 11.1 Å². The molecule has 0 spiro atoms. The summed E-state index contributed by atoms with van der Waals surface area (Å²) in [5.41, 5.74) is 4.36. The molecule has 18 heavy (non-hydrogen) atoms. The van der Waals surface area contributed by atoms with Crippen molar-refractivity contribution >= 4 is 0 Å². The smallest absolute Gasteiger partial charge is 0.0899 e. The first-order chi connectivity index (χ1) is 8.73. The fraction of sp³-hybridized carbons (Fsp3) is 0.294. The van der Waals surface area contributed by atoms with Gasteiger partial charge >= 0.3 is 0 Å². The van der Waals surface area contributed by atoms with Crippen LogP contribution in [-0.4, -0.2) is 5.11 Å². The molecule has 0 aromatic heterocycles. The highest BCUT2D eigenvalue weighted by Crippen LogP contribution is 2.46. The standard InChI is InChI=1S/C17H18O/c1-2-13-8-9-15(17(18)10-11-17)12-16(13)14-6-4-3-5-7-14/h3-9,12,18H,2,10-11H2,1H3. The molecule has 0 saturated heterocycles. The number of rotatable bonds is 3. The SMILES string of the molecule is CCc1ccc(C2(O)CC2)cc1-c1ccccc1. The van der Waals surface area contributed by atoms with Crippen LogP contribution in [0.5, 0.6) is 0 Å². The van der Waals surface area contributed by atoms with Gasteiger partial charge in [0.1, 0.15) is 0 Å².